The molecule has 0 bridgehead atoms. The Kier molecular flexibility index (Phi) is 3.46. The van der Waals surface area contributed by atoms with Crippen molar-refractivity contribution < 1.29 is 4.74 Å². The molecule has 1 aliphatic carbocycles. The summed E-state index contributed by atoms with van der Waals surface area (Å²) in [6, 6.07) is 4.52. The van der Waals surface area contributed by atoms with Crippen LogP contribution in [-0.4, -0.2) is 7.11 Å². The second kappa shape index (κ2) is 4.72. The first-order valence-electron chi connectivity index (χ1n) is 6.73. The van der Waals surface area contributed by atoms with E-state index in [1.54, 1.807) is 7.11 Å². The van der Waals surface area contributed by atoms with Gasteiger partial charge in [-0.2, -0.15) is 0 Å². The van der Waals surface area contributed by atoms with Crippen LogP contribution in [0.5, 0.6) is 5.75 Å². The second-order valence-corrected chi connectivity index (χ2v) is 5.75. The molecule has 1 aromatic rings. The van der Waals surface area contributed by atoms with Crippen LogP contribution in [0, 0.1) is 12.8 Å². The molecular formula is C16H24O. The summed E-state index contributed by atoms with van der Waals surface area (Å²) in [4.78, 5) is 0. The summed E-state index contributed by atoms with van der Waals surface area (Å²) >= 11 is 0. The first-order chi connectivity index (χ1) is 8.06. The van der Waals surface area contributed by atoms with Gasteiger partial charge in [-0.05, 0) is 48.6 Å². The van der Waals surface area contributed by atoms with E-state index in [0.717, 1.165) is 5.75 Å². The zero-order chi connectivity index (χ0) is 12.6. The fraction of sp³-hybridized carbons (Fsp3) is 0.625. The molecule has 94 valence electrons. The van der Waals surface area contributed by atoms with Gasteiger partial charge < -0.3 is 4.74 Å². The first-order valence-corrected chi connectivity index (χ1v) is 6.73. The molecular weight excluding hydrogens is 208 g/mol. The van der Waals surface area contributed by atoms with Crippen LogP contribution in [0.15, 0.2) is 12.1 Å². The van der Waals surface area contributed by atoms with E-state index in [-0.39, 0.29) is 0 Å². The van der Waals surface area contributed by atoms with Crippen molar-refractivity contribution in [3.8, 4) is 5.75 Å². The SMILES string of the molecule is COc1c(C)ccc2c1[C@H](C(C)C)CC[C@@H]2C. The van der Waals surface area contributed by atoms with Crippen LogP contribution in [0.25, 0.3) is 0 Å². The predicted octanol–water partition coefficient (Wildman–Crippen LogP) is 4.64. The summed E-state index contributed by atoms with van der Waals surface area (Å²) in [6.07, 6.45) is 2.60. The number of rotatable bonds is 2. The van der Waals surface area contributed by atoms with Crippen molar-refractivity contribution in [2.45, 2.75) is 52.4 Å². The van der Waals surface area contributed by atoms with Gasteiger partial charge in [-0.15, -0.1) is 0 Å². The summed E-state index contributed by atoms with van der Waals surface area (Å²) < 4.78 is 5.67. The van der Waals surface area contributed by atoms with Crippen LogP contribution in [0.2, 0.25) is 0 Å². The van der Waals surface area contributed by atoms with E-state index in [0.29, 0.717) is 17.8 Å². The molecule has 2 atom stereocenters. The molecule has 2 rings (SSSR count). The molecule has 1 nitrogen and oxygen atoms in total. The van der Waals surface area contributed by atoms with Gasteiger partial charge in [0.1, 0.15) is 5.75 Å². The van der Waals surface area contributed by atoms with E-state index in [4.69, 9.17) is 4.74 Å². The third-order valence-corrected chi connectivity index (χ3v) is 4.25. The Hall–Kier alpha value is -0.980. The second-order valence-electron chi connectivity index (χ2n) is 5.75. The minimum atomic E-state index is 0.663. The minimum Gasteiger partial charge on any atom is -0.496 e. The van der Waals surface area contributed by atoms with E-state index in [1.165, 1.54) is 29.5 Å². The van der Waals surface area contributed by atoms with Gasteiger partial charge in [0.2, 0.25) is 0 Å². The Morgan fingerprint density at radius 1 is 1.24 bits per heavy atom. The molecule has 17 heavy (non-hydrogen) atoms. The standard InChI is InChI=1S/C16H24O/c1-10(2)13-8-6-11(3)14-9-7-12(4)16(17-5)15(13)14/h7,9-11,13H,6,8H2,1-5H3/t11-,13-/m0/s1. The van der Waals surface area contributed by atoms with E-state index in [9.17, 15) is 0 Å². The third kappa shape index (κ3) is 2.08. The first kappa shape index (κ1) is 12.5. The lowest BCUT2D eigenvalue weighted by Gasteiger charge is -2.34. The van der Waals surface area contributed by atoms with Crippen molar-refractivity contribution in [2.24, 2.45) is 5.92 Å². The monoisotopic (exact) mass is 232 g/mol. The zero-order valence-corrected chi connectivity index (χ0v) is 11.7. The van der Waals surface area contributed by atoms with E-state index >= 15 is 0 Å². The molecule has 0 amide bonds. The maximum absolute atomic E-state index is 5.67. The topological polar surface area (TPSA) is 9.23 Å². The normalized spacial score (nSPS) is 23.6. The van der Waals surface area contributed by atoms with Crippen molar-refractivity contribution in [1.82, 2.24) is 0 Å². The number of hydrogen-bond acceptors (Lipinski definition) is 1. The Bertz CT molecular complexity index is 406. The van der Waals surface area contributed by atoms with E-state index in [2.05, 4.69) is 39.8 Å². The Morgan fingerprint density at radius 3 is 2.53 bits per heavy atom. The highest BCUT2D eigenvalue weighted by Crippen LogP contribution is 2.47. The van der Waals surface area contributed by atoms with E-state index < -0.39 is 0 Å². The van der Waals surface area contributed by atoms with Crippen LogP contribution < -0.4 is 4.74 Å². The van der Waals surface area contributed by atoms with Crippen LogP contribution in [-0.2, 0) is 0 Å². The van der Waals surface area contributed by atoms with Gasteiger partial charge >= 0.3 is 0 Å². The van der Waals surface area contributed by atoms with Gasteiger partial charge in [-0.3, -0.25) is 0 Å². The van der Waals surface area contributed by atoms with Crippen LogP contribution in [0.1, 0.15) is 62.1 Å². The average molecular weight is 232 g/mol. The predicted molar refractivity (Wildman–Crippen MR) is 73.0 cm³/mol. The lowest BCUT2D eigenvalue weighted by atomic mass is 9.72. The Labute approximate surface area is 105 Å². The van der Waals surface area contributed by atoms with Gasteiger partial charge in [-0.1, -0.05) is 32.9 Å². The number of fused-ring (bicyclic) bond motifs is 1. The van der Waals surface area contributed by atoms with Crippen molar-refractivity contribution in [1.29, 1.82) is 0 Å². The summed E-state index contributed by atoms with van der Waals surface area (Å²) in [6.45, 7) is 9.14. The largest absolute Gasteiger partial charge is 0.496 e. The smallest absolute Gasteiger partial charge is 0.125 e. The van der Waals surface area contributed by atoms with Crippen LogP contribution in [0.3, 0.4) is 0 Å². The highest BCUT2D eigenvalue weighted by atomic mass is 16.5. The number of aryl methyl sites for hydroxylation is 1. The minimum absolute atomic E-state index is 0.663. The molecule has 0 saturated carbocycles. The molecule has 0 aromatic heterocycles. The highest BCUT2D eigenvalue weighted by molar-refractivity contribution is 5.50. The third-order valence-electron chi connectivity index (χ3n) is 4.25. The zero-order valence-electron chi connectivity index (χ0n) is 11.7. The molecule has 0 fully saturated rings. The molecule has 0 spiro atoms. The van der Waals surface area contributed by atoms with Gasteiger partial charge in [0, 0.05) is 5.56 Å². The quantitative estimate of drug-likeness (QED) is 0.721. The van der Waals surface area contributed by atoms with Crippen LogP contribution in [0.4, 0.5) is 0 Å². The fourth-order valence-electron chi connectivity index (χ4n) is 3.20. The molecule has 0 radical (unpaired) electrons. The highest BCUT2D eigenvalue weighted by Gasteiger charge is 2.30. The molecule has 1 heteroatoms. The number of hydrogen-bond donors (Lipinski definition) is 0. The van der Waals surface area contributed by atoms with Crippen LogP contribution >= 0.6 is 0 Å². The van der Waals surface area contributed by atoms with Crippen molar-refractivity contribution in [2.75, 3.05) is 7.11 Å². The summed E-state index contributed by atoms with van der Waals surface area (Å²) in [5, 5.41) is 0. The maximum atomic E-state index is 5.67. The van der Waals surface area contributed by atoms with Gasteiger partial charge in [0.05, 0.1) is 7.11 Å². The van der Waals surface area contributed by atoms with Crippen molar-refractivity contribution in [3.63, 3.8) is 0 Å². The molecule has 1 aliphatic rings. The Balaban J connectivity index is 2.60. The molecule has 1 aromatic carbocycles. The number of benzene rings is 1. The Morgan fingerprint density at radius 2 is 1.94 bits per heavy atom. The number of methoxy groups -OCH3 is 1. The van der Waals surface area contributed by atoms with Gasteiger partial charge in [0.15, 0.2) is 0 Å². The molecule has 0 aliphatic heterocycles. The molecule has 0 saturated heterocycles. The molecule has 0 unspecified atom stereocenters. The maximum Gasteiger partial charge on any atom is 0.125 e. The van der Waals surface area contributed by atoms with Gasteiger partial charge in [-0.25, -0.2) is 0 Å². The summed E-state index contributed by atoms with van der Waals surface area (Å²) in [5.41, 5.74) is 4.27. The van der Waals surface area contributed by atoms with Crippen molar-refractivity contribution in [3.05, 3.63) is 28.8 Å². The lowest BCUT2D eigenvalue weighted by Crippen LogP contribution is -2.18. The summed E-state index contributed by atoms with van der Waals surface area (Å²) in [5.74, 6) is 3.16. The average Bonchev–Trinajstić information content (AvgIpc) is 2.28. The fourth-order valence-corrected chi connectivity index (χ4v) is 3.20. The number of ether oxygens (including phenoxy) is 1. The summed E-state index contributed by atoms with van der Waals surface area (Å²) in [7, 11) is 1.80. The van der Waals surface area contributed by atoms with Crippen molar-refractivity contribution >= 4 is 0 Å². The van der Waals surface area contributed by atoms with Gasteiger partial charge in [0.25, 0.3) is 0 Å². The molecule has 0 heterocycles. The molecule has 0 N–H and O–H groups in total. The lowest BCUT2D eigenvalue weighted by molar-refractivity contribution is 0.364. The van der Waals surface area contributed by atoms with E-state index in [1.807, 2.05) is 0 Å².